The van der Waals surface area contributed by atoms with E-state index in [1.165, 1.54) is 6.20 Å². The molecule has 2 rings (SSSR count). The van der Waals surface area contributed by atoms with Gasteiger partial charge in [0.2, 0.25) is 0 Å². The van der Waals surface area contributed by atoms with Crippen molar-refractivity contribution in [3.8, 4) is 6.07 Å². The fourth-order valence-corrected chi connectivity index (χ4v) is 1.96. The average Bonchev–Trinajstić information content (AvgIpc) is 2.52. The number of amides is 1. The zero-order chi connectivity index (χ0) is 16.8. The van der Waals surface area contributed by atoms with Crippen molar-refractivity contribution in [1.82, 2.24) is 0 Å². The smallest absolute Gasteiger partial charge is 0.267 e. The largest absolute Gasteiger partial charge is 0.399 e. The molecule has 0 aliphatic carbocycles. The van der Waals surface area contributed by atoms with E-state index >= 15 is 0 Å². The third kappa shape index (κ3) is 4.40. The minimum absolute atomic E-state index is 0.102. The van der Waals surface area contributed by atoms with Crippen molar-refractivity contribution < 1.29 is 4.79 Å². The molecule has 23 heavy (non-hydrogen) atoms. The number of nitrogens with one attached hydrogen (secondary N) is 2. The molecule has 0 aliphatic rings. The fourth-order valence-electron chi connectivity index (χ4n) is 1.71. The number of nitrogen functional groups attached to an aromatic ring is 2. The highest BCUT2D eigenvalue weighted by molar-refractivity contribution is 6.33. The van der Waals surface area contributed by atoms with Crippen LogP contribution in [-0.2, 0) is 4.79 Å². The van der Waals surface area contributed by atoms with E-state index in [-0.39, 0.29) is 5.57 Å². The Morgan fingerprint density at radius 1 is 1.13 bits per heavy atom. The third-order valence-corrected chi connectivity index (χ3v) is 3.21. The molecule has 2 aromatic carbocycles. The van der Waals surface area contributed by atoms with Gasteiger partial charge in [-0.1, -0.05) is 11.6 Å². The second-order valence-corrected chi connectivity index (χ2v) is 5.04. The highest BCUT2D eigenvalue weighted by Gasteiger charge is 2.09. The quantitative estimate of drug-likeness (QED) is 0.391. The first kappa shape index (κ1) is 16.2. The predicted octanol–water partition coefficient (Wildman–Crippen LogP) is 2.96. The van der Waals surface area contributed by atoms with Gasteiger partial charge in [-0.25, -0.2) is 0 Å². The van der Waals surface area contributed by atoms with Crippen LogP contribution in [0.3, 0.4) is 0 Å². The molecule has 0 saturated heterocycles. The highest BCUT2D eigenvalue weighted by atomic mass is 35.5. The molecule has 0 bridgehead atoms. The first-order valence-corrected chi connectivity index (χ1v) is 6.96. The molecule has 0 saturated carbocycles. The summed E-state index contributed by atoms with van der Waals surface area (Å²) in [6.07, 6.45) is 1.28. The molecule has 116 valence electrons. The van der Waals surface area contributed by atoms with E-state index in [1.54, 1.807) is 42.5 Å². The molecule has 0 spiro atoms. The van der Waals surface area contributed by atoms with Crippen LogP contribution < -0.4 is 22.1 Å². The van der Waals surface area contributed by atoms with Gasteiger partial charge in [0.25, 0.3) is 5.91 Å². The lowest BCUT2D eigenvalue weighted by atomic mass is 10.2. The topological polar surface area (TPSA) is 117 Å². The highest BCUT2D eigenvalue weighted by Crippen LogP contribution is 2.24. The van der Waals surface area contributed by atoms with Gasteiger partial charge in [-0.15, -0.1) is 0 Å². The van der Waals surface area contributed by atoms with Crippen LogP contribution in [0.1, 0.15) is 0 Å². The zero-order valence-corrected chi connectivity index (χ0v) is 12.8. The van der Waals surface area contributed by atoms with Gasteiger partial charge in [0, 0.05) is 23.3 Å². The molecule has 0 atom stereocenters. The second kappa shape index (κ2) is 7.20. The van der Waals surface area contributed by atoms with Crippen LogP contribution >= 0.6 is 11.6 Å². The number of rotatable bonds is 4. The van der Waals surface area contributed by atoms with Crippen molar-refractivity contribution in [3.05, 3.63) is 59.3 Å². The van der Waals surface area contributed by atoms with E-state index in [9.17, 15) is 4.79 Å². The Hall–Kier alpha value is -3.17. The predicted molar refractivity (Wildman–Crippen MR) is 92.7 cm³/mol. The number of nitriles is 1. The van der Waals surface area contributed by atoms with Crippen molar-refractivity contribution in [3.63, 3.8) is 0 Å². The summed E-state index contributed by atoms with van der Waals surface area (Å²) in [6.45, 7) is 0. The van der Waals surface area contributed by atoms with Crippen LogP contribution in [-0.4, -0.2) is 5.91 Å². The Morgan fingerprint density at radius 3 is 2.39 bits per heavy atom. The summed E-state index contributed by atoms with van der Waals surface area (Å²) in [5.41, 5.74) is 13.2. The lowest BCUT2D eigenvalue weighted by Gasteiger charge is -2.07. The van der Waals surface area contributed by atoms with E-state index in [0.717, 1.165) is 0 Å². The van der Waals surface area contributed by atoms with Crippen LogP contribution in [0.25, 0.3) is 0 Å². The van der Waals surface area contributed by atoms with Crippen LogP contribution in [0.5, 0.6) is 0 Å². The summed E-state index contributed by atoms with van der Waals surface area (Å²) >= 11 is 6.01. The number of halogens is 1. The van der Waals surface area contributed by atoms with Crippen molar-refractivity contribution in [2.45, 2.75) is 0 Å². The Kier molecular flexibility index (Phi) is 5.07. The van der Waals surface area contributed by atoms with Gasteiger partial charge in [-0.05, 0) is 42.5 Å². The molecule has 1 amide bonds. The van der Waals surface area contributed by atoms with Gasteiger partial charge in [0.05, 0.1) is 10.7 Å². The van der Waals surface area contributed by atoms with Gasteiger partial charge >= 0.3 is 0 Å². The molecule has 0 aliphatic heterocycles. The summed E-state index contributed by atoms with van der Waals surface area (Å²) in [5.74, 6) is -0.545. The average molecular weight is 328 g/mol. The zero-order valence-electron chi connectivity index (χ0n) is 12.0. The van der Waals surface area contributed by atoms with Crippen molar-refractivity contribution in [2.24, 2.45) is 0 Å². The maximum atomic E-state index is 12.1. The maximum Gasteiger partial charge on any atom is 0.267 e. The Bertz CT molecular complexity index is 793. The SMILES string of the molecule is N#C/C(=C/Nc1ccc(N)cc1Cl)C(=O)Nc1ccc(N)cc1. The van der Waals surface area contributed by atoms with Crippen molar-refractivity contribution in [1.29, 1.82) is 5.26 Å². The van der Waals surface area contributed by atoms with Gasteiger partial charge in [-0.3, -0.25) is 4.79 Å². The molecule has 2 aromatic rings. The summed E-state index contributed by atoms with van der Waals surface area (Å²) in [5, 5.41) is 14.9. The number of benzene rings is 2. The maximum absolute atomic E-state index is 12.1. The van der Waals surface area contributed by atoms with E-state index < -0.39 is 5.91 Å². The third-order valence-electron chi connectivity index (χ3n) is 2.90. The molecule has 6 N–H and O–H groups in total. The minimum Gasteiger partial charge on any atom is -0.399 e. The molecule has 7 heteroatoms. The Balaban J connectivity index is 2.10. The summed E-state index contributed by atoms with van der Waals surface area (Å²) in [7, 11) is 0. The van der Waals surface area contributed by atoms with Crippen molar-refractivity contribution >= 4 is 40.3 Å². The van der Waals surface area contributed by atoms with Gasteiger partial charge in [0.15, 0.2) is 0 Å². The Labute approximate surface area is 138 Å². The number of hydrogen-bond donors (Lipinski definition) is 4. The molecule has 0 heterocycles. The number of carbonyl (C=O) groups is 1. The van der Waals surface area contributed by atoms with E-state index in [0.29, 0.717) is 27.8 Å². The first-order chi connectivity index (χ1) is 11.0. The normalized spacial score (nSPS) is 10.7. The number of nitrogens with zero attached hydrogens (tertiary/aromatic N) is 1. The number of nitrogens with two attached hydrogens (primary N) is 2. The monoisotopic (exact) mass is 327 g/mol. The molecule has 0 radical (unpaired) electrons. The first-order valence-electron chi connectivity index (χ1n) is 6.58. The molecule has 0 aromatic heterocycles. The lowest BCUT2D eigenvalue weighted by molar-refractivity contribution is -0.112. The second-order valence-electron chi connectivity index (χ2n) is 4.63. The standard InChI is InChI=1S/C16H14ClN5O/c17-14-7-12(20)3-6-15(14)21-9-10(8-18)16(23)22-13-4-1-11(19)2-5-13/h1-7,9,21H,19-20H2,(H,22,23)/b10-9-. The summed E-state index contributed by atoms with van der Waals surface area (Å²) < 4.78 is 0. The molecule has 0 unspecified atom stereocenters. The molecule has 0 fully saturated rings. The van der Waals surface area contributed by atoms with Crippen LogP contribution in [0.15, 0.2) is 54.2 Å². The van der Waals surface area contributed by atoms with Gasteiger partial charge in [-0.2, -0.15) is 5.26 Å². The summed E-state index contributed by atoms with van der Waals surface area (Å²) in [6, 6.07) is 13.3. The van der Waals surface area contributed by atoms with Crippen LogP contribution in [0, 0.1) is 11.3 Å². The van der Waals surface area contributed by atoms with Gasteiger partial charge in [0.1, 0.15) is 11.6 Å². The number of anilines is 4. The van der Waals surface area contributed by atoms with E-state index in [2.05, 4.69) is 10.6 Å². The molecular formula is C16H14ClN5O. The van der Waals surface area contributed by atoms with Gasteiger partial charge < -0.3 is 22.1 Å². The Morgan fingerprint density at radius 2 is 1.78 bits per heavy atom. The molecular weight excluding hydrogens is 314 g/mol. The number of carbonyl (C=O) groups excluding carboxylic acids is 1. The fraction of sp³-hybridized carbons (Fsp3) is 0. The minimum atomic E-state index is -0.545. The van der Waals surface area contributed by atoms with E-state index in [4.69, 9.17) is 28.3 Å². The van der Waals surface area contributed by atoms with E-state index in [1.807, 2.05) is 6.07 Å². The van der Waals surface area contributed by atoms with Crippen LogP contribution in [0.2, 0.25) is 5.02 Å². The summed E-state index contributed by atoms with van der Waals surface area (Å²) in [4.78, 5) is 12.1. The van der Waals surface area contributed by atoms with Crippen LogP contribution in [0.4, 0.5) is 22.7 Å². The lowest BCUT2D eigenvalue weighted by Crippen LogP contribution is -2.14. The van der Waals surface area contributed by atoms with Crippen molar-refractivity contribution in [2.75, 3.05) is 22.1 Å². The number of hydrogen-bond acceptors (Lipinski definition) is 5. The molecule has 6 nitrogen and oxygen atoms in total.